The van der Waals surface area contributed by atoms with Crippen LogP contribution in [0.4, 0.5) is 0 Å². The van der Waals surface area contributed by atoms with Crippen LogP contribution in [0.25, 0.3) is 0 Å². The summed E-state index contributed by atoms with van der Waals surface area (Å²) in [5.74, 6) is -0.896. The van der Waals surface area contributed by atoms with Gasteiger partial charge in [-0.05, 0) is 24.3 Å². The first kappa shape index (κ1) is 10.7. The fourth-order valence-electron chi connectivity index (χ4n) is 0.592. The summed E-state index contributed by atoms with van der Waals surface area (Å²) < 4.78 is 0.887. The minimum Gasteiger partial charge on any atom is -0.478 e. The minimum atomic E-state index is -0.896. The van der Waals surface area contributed by atoms with Crippen LogP contribution in [0, 0.1) is 0 Å². The van der Waals surface area contributed by atoms with Crippen LogP contribution < -0.4 is 0 Å². The molecule has 0 bridgehead atoms. The molecule has 0 aliphatic carbocycles. The van der Waals surface area contributed by atoms with Gasteiger partial charge in [-0.15, -0.1) is 0 Å². The molecule has 4 heteroatoms. The fraction of sp³-hybridized carbons (Fsp3) is 0. The van der Waals surface area contributed by atoms with Crippen LogP contribution in [0.15, 0.2) is 28.7 Å². The van der Waals surface area contributed by atoms with Gasteiger partial charge in [0.15, 0.2) is 0 Å². The zero-order chi connectivity index (χ0) is 7.56. The topological polar surface area (TPSA) is 37.3 Å². The first-order valence-corrected chi connectivity index (χ1v) is 3.48. The second-order valence-electron chi connectivity index (χ2n) is 1.81. The Kier molecular flexibility index (Phi) is 4.38. The van der Waals surface area contributed by atoms with Crippen LogP contribution in [-0.4, -0.2) is 11.1 Å². The summed E-state index contributed by atoms with van der Waals surface area (Å²) in [4.78, 5) is 10.3. The van der Waals surface area contributed by atoms with Crippen molar-refractivity contribution in [1.82, 2.24) is 0 Å². The molecule has 0 atom stereocenters. The van der Waals surface area contributed by atoms with Gasteiger partial charge >= 0.3 is 5.97 Å². The van der Waals surface area contributed by atoms with E-state index in [1.807, 2.05) is 0 Å². The minimum absolute atomic E-state index is 0. The number of rotatable bonds is 1. The number of carbonyl (C=O) groups is 1. The fourth-order valence-corrected chi connectivity index (χ4v) is 0.857. The van der Waals surface area contributed by atoms with Gasteiger partial charge in [0, 0.05) is 21.0 Å². The summed E-state index contributed by atoms with van der Waals surface area (Å²) in [7, 11) is 0. The van der Waals surface area contributed by atoms with E-state index in [9.17, 15) is 4.79 Å². The van der Waals surface area contributed by atoms with Crippen molar-refractivity contribution in [3.8, 4) is 0 Å². The van der Waals surface area contributed by atoms with Crippen LogP contribution in [0.2, 0.25) is 0 Å². The predicted octanol–water partition coefficient (Wildman–Crippen LogP) is 2.14. The normalized spacial score (nSPS) is 8.45. The molecule has 1 rings (SSSR count). The van der Waals surface area contributed by atoms with E-state index < -0.39 is 5.97 Å². The maximum absolute atomic E-state index is 10.3. The molecule has 0 saturated heterocycles. The van der Waals surface area contributed by atoms with Crippen molar-refractivity contribution in [3.63, 3.8) is 0 Å². The van der Waals surface area contributed by atoms with Crippen molar-refractivity contribution in [1.29, 1.82) is 0 Å². The van der Waals surface area contributed by atoms with Gasteiger partial charge in [-0.2, -0.15) is 0 Å². The molecule has 0 saturated carbocycles. The number of aromatic carboxylic acids is 1. The van der Waals surface area contributed by atoms with Crippen LogP contribution in [0.1, 0.15) is 10.4 Å². The van der Waals surface area contributed by atoms with Crippen molar-refractivity contribution in [3.05, 3.63) is 34.3 Å². The van der Waals surface area contributed by atoms with Crippen molar-refractivity contribution < 1.29 is 26.4 Å². The predicted molar refractivity (Wildman–Crippen MR) is 41.1 cm³/mol. The molecule has 0 unspecified atom stereocenters. The van der Waals surface area contributed by atoms with Crippen molar-refractivity contribution in [2.24, 2.45) is 0 Å². The summed E-state index contributed by atoms with van der Waals surface area (Å²) in [6.45, 7) is 0. The van der Waals surface area contributed by atoms with Crippen LogP contribution in [-0.2, 0) is 16.5 Å². The average molecular weight is 260 g/mol. The summed E-state index contributed by atoms with van der Waals surface area (Å²) >= 11 is 3.20. The van der Waals surface area contributed by atoms with Gasteiger partial charge in [0.2, 0.25) is 0 Å². The van der Waals surface area contributed by atoms with E-state index in [-0.39, 0.29) is 16.5 Å². The molecule has 0 amide bonds. The largest absolute Gasteiger partial charge is 0.478 e. The quantitative estimate of drug-likeness (QED) is 0.785. The molecule has 1 N–H and O–H groups in total. The Morgan fingerprint density at radius 3 is 2.09 bits per heavy atom. The third-order valence-corrected chi connectivity index (χ3v) is 1.62. The zero-order valence-electron chi connectivity index (χ0n) is 5.36. The summed E-state index contributed by atoms with van der Waals surface area (Å²) in [6.07, 6.45) is 0. The van der Waals surface area contributed by atoms with E-state index in [0.717, 1.165) is 4.47 Å². The van der Waals surface area contributed by atoms with Crippen LogP contribution in [0.5, 0.6) is 0 Å². The molecule has 0 heterocycles. The Hall–Kier alpha value is -0.336. The third-order valence-electron chi connectivity index (χ3n) is 1.09. The van der Waals surface area contributed by atoms with Crippen molar-refractivity contribution in [2.45, 2.75) is 0 Å². The molecular formula is C7H5BrNiO2. The van der Waals surface area contributed by atoms with Crippen LogP contribution in [0.3, 0.4) is 0 Å². The summed E-state index contributed by atoms with van der Waals surface area (Å²) in [6, 6.07) is 6.49. The molecule has 0 aliphatic rings. The van der Waals surface area contributed by atoms with E-state index in [2.05, 4.69) is 15.9 Å². The number of halogens is 1. The van der Waals surface area contributed by atoms with E-state index in [0.29, 0.717) is 5.56 Å². The first-order chi connectivity index (χ1) is 4.70. The van der Waals surface area contributed by atoms with Crippen molar-refractivity contribution in [2.75, 3.05) is 0 Å². The zero-order valence-corrected chi connectivity index (χ0v) is 7.93. The monoisotopic (exact) mass is 258 g/mol. The molecule has 62 valence electrons. The number of carboxylic acids is 1. The number of carboxylic acid groups (broad SMARTS) is 1. The molecule has 1 aromatic rings. The van der Waals surface area contributed by atoms with Gasteiger partial charge in [-0.3, -0.25) is 0 Å². The Labute approximate surface area is 82.7 Å². The van der Waals surface area contributed by atoms with Gasteiger partial charge in [-0.25, -0.2) is 4.79 Å². The maximum atomic E-state index is 10.3. The third kappa shape index (κ3) is 3.04. The Morgan fingerprint density at radius 1 is 1.27 bits per heavy atom. The molecule has 0 aliphatic heterocycles. The molecule has 1 aromatic carbocycles. The SMILES string of the molecule is O=C(O)c1ccc(Br)cc1.[Ni]. The maximum Gasteiger partial charge on any atom is 0.335 e. The molecule has 2 nitrogen and oxygen atoms in total. The summed E-state index contributed by atoms with van der Waals surface area (Å²) in [5, 5.41) is 8.46. The molecule has 0 aromatic heterocycles. The molecular weight excluding hydrogens is 255 g/mol. The number of hydrogen-bond donors (Lipinski definition) is 1. The van der Waals surface area contributed by atoms with E-state index >= 15 is 0 Å². The molecule has 11 heavy (non-hydrogen) atoms. The van der Waals surface area contributed by atoms with Gasteiger partial charge in [-0.1, -0.05) is 15.9 Å². The molecule has 0 radical (unpaired) electrons. The average Bonchev–Trinajstić information content (AvgIpc) is 1.88. The van der Waals surface area contributed by atoms with Gasteiger partial charge in [0.05, 0.1) is 5.56 Å². The van der Waals surface area contributed by atoms with Gasteiger partial charge < -0.3 is 5.11 Å². The second kappa shape index (κ2) is 4.52. The second-order valence-corrected chi connectivity index (χ2v) is 2.73. The van der Waals surface area contributed by atoms with E-state index in [1.165, 1.54) is 0 Å². The molecule has 0 fully saturated rings. The van der Waals surface area contributed by atoms with Crippen molar-refractivity contribution >= 4 is 21.9 Å². The number of hydrogen-bond acceptors (Lipinski definition) is 1. The number of benzene rings is 1. The Morgan fingerprint density at radius 2 is 1.73 bits per heavy atom. The van der Waals surface area contributed by atoms with Crippen LogP contribution >= 0.6 is 15.9 Å². The Balaban J connectivity index is 0.000001000. The van der Waals surface area contributed by atoms with Gasteiger partial charge in [0.25, 0.3) is 0 Å². The molecule has 0 spiro atoms. The standard InChI is InChI=1S/C7H5BrO2.Ni/c8-6-3-1-5(2-4-6)7(9)10;/h1-4H,(H,9,10);. The first-order valence-electron chi connectivity index (χ1n) is 2.69. The Bertz CT molecular complexity index is 245. The van der Waals surface area contributed by atoms with E-state index in [4.69, 9.17) is 5.11 Å². The van der Waals surface area contributed by atoms with E-state index in [1.54, 1.807) is 24.3 Å². The van der Waals surface area contributed by atoms with Gasteiger partial charge in [0.1, 0.15) is 0 Å². The summed E-state index contributed by atoms with van der Waals surface area (Å²) in [5.41, 5.74) is 0.309. The smallest absolute Gasteiger partial charge is 0.335 e.